The van der Waals surface area contributed by atoms with Crippen molar-refractivity contribution in [1.29, 1.82) is 0 Å². The van der Waals surface area contributed by atoms with Crippen molar-refractivity contribution >= 4 is 11.6 Å². The van der Waals surface area contributed by atoms with E-state index in [4.69, 9.17) is 4.42 Å². The number of aryl methyl sites for hydroxylation is 1. The number of aromatic nitrogens is 2. The zero-order valence-corrected chi connectivity index (χ0v) is 11.4. The molecule has 21 heavy (non-hydrogen) atoms. The molecule has 3 aromatic rings. The largest absolute Gasteiger partial charge is 0.449 e. The van der Waals surface area contributed by atoms with Crippen LogP contribution in [-0.2, 0) is 0 Å². The Bertz CT molecular complexity index is 749. The van der Waals surface area contributed by atoms with E-state index in [0.29, 0.717) is 17.1 Å². The number of hydrogen-bond acceptors (Lipinski definition) is 4. The number of nitrogens with one attached hydrogen (secondary N) is 1. The predicted octanol–water partition coefficient (Wildman–Crippen LogP) is 3.30. The Labute approximate surface area is 121 Å². The number of anilines is 1. The van der Waals surface area contributed by atoms with E-state index in [2.05, 4.69) is 15.3 Å². The summed E-state index contributed by atoms with van der Waals surface area (Å²) in [5.74, 6) is 0.437. The van der Waals surface area contributed by atoms with Gasteiger partial charge in [0.25, 0.3) is 5.91 Å². The lowest BCUT2D eigenvalue weighted by Crippen LogP contribution is -2.11. The molecule has 2 aromatic heterocycles. The molecule has 2 heterocycles. The van der Waals surface area contributed by atoms with Crippen LogP contribution in [0, 0.1) is 6.92 Å². The average Bonchev–Trinajstić information content (AvgIpc) is 2.95. The SMILES string of the molecule is Cc1nc(-c2ccc(NC(=O)c3cccnc3)cc2)co1. The Balaban J connectivity index is 1.74. The summed E-state index contributed by atoms with van der Waals surface area (Å²) in [5, 5.41) is 2.82. The molecular weight excluding hydrogens is 266 g/mol. The van der Waals surface area contributed by atoms with Crippen LogP contribution in [0.25, 0.3) is 11.3 Å². The van der Waals surface area contributed by atoms with Gasteiger partial charge in [0, 0.05) is 30.6 Å². The molecule has 3 rings (SSSR count). The van der Waals surface area contributed by atoms with E-state index in [1.165, 1.54) is 6.20 Å². The number of benzene rings is 1. The van der Waals surface area contributed by atoms with Gasteiger partial charge in [0.05, 0.1) is 5.56 Å². The Morgan fingerprint density at radius 1 is 1.19 bits per heavy atom. The van der Waals surface area contributed by atoms with Crippen LogP contribution in [0.3, 0.4) is 0 Å². The predicted molar refractivity (Wildman–Crippen MR) is 78.9 cm³/mol. The molecule has 1 N–H and O–H groups in total. The lowest BCUT2D eigenvalue weighted by molar-refractivity contribution is 0.102. The van der Waals surface area contributed by atoms with Gasteiger partial charge in [-0.3, -0.25) is 9.78 Å². The van der Waals surface area contributed by atoms with Gasteiger partial charge < -0.3 is 9.73 Å². The molecule has 0 atom stereocenters. The Kier molecular flexibility index (Phi) is 3.47. The topological polar surface area (TPSA) is 68.0 Å². The van der Waals surface area contributed by atoms with Crippen molar-refractivity contribution in [1.82, 2.24) is 9.97 Å². The van der Waals surface area contributed by atoms with Crippen molar-refractivity contribution in [3.63, 3.8) is 0 Å². The average molecular weight is 279 g/mol. The van der Waals surface area contributed by atoms with Gasteiger partial charge in [0.1, 0.15) is 12.0 Å². The first kappa shape index (κ1) is 13.1. The molecule has 104 valence electrons. The first-order valence-electron chi connectivity index (χ1n) is 6.46. The van der Waals surface area contributed by atoms with E-state index in [-0.39, 0.29) is 5.91 Å². The fourth-order valence-corrected chi connectivity index (χ4v) is 1.92. The third kappa shape index (κ3) is 2.97. The van der Waals surface area contributed by atoms with Crippen LogP contribution in [0.15, 0.2) is 59.5 Å². The van der Waals surface area contributed by atoms with E-state index in [0.717, 1.165) is 11.3 Å². The van der Waals surface area contributed by atoms with Gasteiger partial charge in [0.15, 0.2) is 5.89 Å². The molecular formula is C16H13N3O2. The molecule has 0 bridgehead atoms. The van der Waals surface area contributed by atoms with Crippen LogP contribution >= 0.6 is 0 Å². The van der Waals surface area contributed by atoms with Crippen molar-refractivity contribution < 1.29 is 9.21 Å². The number of nitrogens with zero attached hydrogens (tertiary/aromatic N) is 2. The second kappa shape index (κ2) is 5.58. The summed E-state index contributed by atoms with van der Waals surface area (Å²) in [6, 6.07) is 10.9. The number of rotatable bonds is 3. The number of amides is 1. The Hall–Kier alpha value is -2.95. The quantitative estimate of drug-likeness (QED) is 0.798. The Morgan fingerprint density at radius 3 is 2.62 bits per heavy atom. The number of oxazole rings is 1. The third-order valence-corrected chi connectivity index (χ3v) is 2.98. The summed E-state index contributed by atoms with van der Waals surface area (Å²) in [5.41, 5.74) is 2.95. The van der Waals surface area contributed by atoms with Crippen molar-refractivity contribution in [2.45, 2.75) is 6.92 Å². The molecule has 0 aliphatic heterocycles. The third-order valence-electron chi connectivity index (χ3n) is 2.98. The van der Waals surface area contributed by atoms with Gasteiger partial charge >= 0.3 is 0 Å². The highest BCUT2D eigenvalue weighted by molar-refractivity contribution is 6.04. The fourth-order valence-electron chi connectivity index (χ4n) is 1.92. The van der Waals surface area contributed by atoms with Crippen molar-refractivity contribution in [3.05, 3.63) is 66.5 Å². The first-order chi connectivity index (χ1) is 10.2. The lowest BCUT2D eigenvalue weighted by Gasteiger charge is -2.05. The van der Waals surface area contributed by atoms with E-state index in [1.54, 1.807) is 31.5 Å². The smallest absolute Gasteiger partial charge is 0.257 e. The van der Waals surface area contributed by atoms with Gasteiger partial charge in [-0.2, -0.15) is 0 Å². The van der Waals surface area contributed by atoms with Gasteiger partial charge in [-0.15, -0.1) is 0 Å². The highest BCUT2D eigenvalue weighted by Crippen LogP contribution is 2.21. The van der Waals surface area contributed by atoms with Crippen molar-refractivity contribution in [2.75, 3.05) is 5.32 Å². The van der Waals surface area contributed by atoms with Crippen LogP contribution < -0.4 is 5.32 Å². The molecule has 1 amide bonds. The standard InChI is InChI=1S/C16H13N3O2/c1-11-18-15(10-21-11)12-4-6-14(7-5-12)19-16(20)13-3-2-8-17-9-13/h2-10H,1H3,(H,19,20). The molecule has 0 saturated carbocycles. The summed E-state index contributed by atoms with van der Waals surface area (Å²) < 4.78 is 5.18. The maximum absolute atomic E-state index is 12.0. The molecule has 0 fully saturated rings. The molecule has 0 spiro atoms. The Morgan fingerprint density at radius 2 is 2.00 bits per heavy atom. The molecule has 1 aromatic carbocycles. The number of hydrogen-bond donors (Lipinski definition) is 1. The lowest BCUT2D eigenvalue weighted by atomic mass is 10.1. The minimum atomic E-state index is -0.187. The maximum atomic E-state index is 12.0. The monoisotopic (exact) mass is 279 g/mol. The van der Waals surface area contributed by atoms with E-state index >= 15 is 0 Å². The summed E-state index contributed by atoms with van der Waals surface area (Å²) in [4.78, 5) is 20.2. The second-order valence-electron chi connectivity index (χ2n) is 4.52. The zero-order chi connectivity index (χ0) is 14.7. The van der Waals surface area contributed by atoms with Gasteiger partial charge in [-0.1, -0.05) is 12.1 Å². The van der Waals surface area contributed by atoms with Crippen molar-refractivity contribution in [2.24, 2.45) is 0 Å². The summed E-state index contributed by atoms with van der Waals surface area (Å²) >= 11 is 0. The van der Waals surface area contributed by atoms with Crippen LogP contribution in [0.1, 0.15) is 16.2 Å². The van der Waals surface area contributed by atoms with Gasteiger partial charge in [0.2, 0.25) is 0 Å². The van der Waals surface area contributed by atoms with E-state index in [9.17, 15) is 4.79 Å². The summed E-state index contributed by atoms with van der Waals surface area (Å²) in [6.45, 7) is 1.80. The molecule has 0 aliphatic carbocycles. The first-order valence-corrected chi connectivity index (χ1v) is 6.46. The van der Waals surface area contributed by atoms with Crippen LogP contribution in [0.4, 0.5) is 5.69 Å². The highest BCUT2D eigenvalue weighted by Gasteiger charge is 2.07. The molecule has 5 nitrogen and oxygen atoms in total. The highest BCUT2D eigenvalue weighted by atomic mass is 16.3. The molecule has 5 heteroatoms. The number of carbonyl (C=O) groups is 1. The summed E-state index contributed by atoms with van der Waals surface area (Å²) in [7, 11) is 0. The normalized spacial score (nSPS) is 10.3. The summed E-state index contributed by atoms with van der Waals surface area (Å²) in [6.07, 6.45) is 4.77. The number of carbonyl (C=O) groups excluding carboxylic acids is 1. The van der Waals surface area contributed by atoms with Gasteiger partial charge in [-0.25, -0.2) is 4.98 Å². The fraction of sp³-hybridized carbons (Fsp3) is 0.0625. The molecule has 0 saturated heterocycles. The molecule has 0 radical (unpaired) electrons. The molecule has 0 unspecified atom stereocenters. The number of pyridine rings is 1. The minimum absolute atomic E-state index is 0.187. The van der Waals surface area contributed by atoms with Crippen molar-refractivity contribution in [3.8, 4) is 11.3 Å². The van der Waals surface area contributed by atoms with Crippen LogP contribution in [-0.4, -0.2) is 15.9 Å². The maximum Gasteiger partial charge on any atom is 0.257 e. The minimum Gasteiger partial charge on any atom is -0.449 e. The van der Waals surface area contributed by atoms with E-state index in [1.807, 2.05) is 24.3 Å². The second-order valence-corrected chi connectivity index (χ2v) is 4.52. The van der Waals surface area contributed by atoms with Crippen LogP contribution in [0.2, 0.25) is 0 Å². The van der Waals surface area contributed by atoms with E-state index < -0.39 is 0 Å². The molecule has 0 aliphatic rings. The zero-order valence-electron chi connectivity index (χ0n) is 11.4. The van der Waals surface area contributed by atoms with Gasteiger partial charge in [-0.05, 0) is 24.3 Å². The van der Waals surface area contributed by atoms with Crippen LogP contribution in [0.5, 0.6) is 0 Å².